The third-order valence-electron chi connectivity index (χ3n) is 10.9. The van der Waals surface area contributed by atoms with E-state index in [4.69, 9.17) is 18.5 Å². The van der Waals surface area contributed by atoms with Crippen molar-refractivity contribution in [3.05, 3.63) is 72.9 Å². The molecule has 0 aromatic heterocycles. The highest BCUT2D eigenvalue weighted by atomic mass is 31.2. The minimum atomic E-state index is -5.04. The van der Waals surface area contributed by atoms with Crippen LogP contribution in [0.4, 0.5) is 0 Å². The molecule has 0 heterocycles. The molecular formula is C50H87O12P. The molecule has 0 bridgehead atoms. The van der Waals surface area contributed by atoms with Crippen LogP contribution in [0.15, 0.2) is 72.9 Å². The van der Waals surface area contributed by atoms with Crippen LogP contribution in [0.1, 0.15) is 174 Å². The molecule has 1 aliphatic rings. The number of hydrogen-bond acceptors (Lipinski definition) is 11. The number of allylic oxidation sites excluding steroid dienone is 12. The molecule has 0 saturated heterocycles. The zero-order valence-corrected chi connectivity index (χ0v) is 39.7. The molecule has 1 rings (SSSR count). The highest BCUT2D eigenvalue weighted by Gasteiger charge is 2.51. The number of carbonyl (C=O) groups excluding carboxylic acids is 1. The first-order valence-corrected chi connectivity index (χ1v) is 25.8. The van der Waals surface area contributed by atoms with Gasteiger partial charge in [-0.25, -0.2) is 4.57 Å². The van der Waals surface area contributed by atoms with Crippen LogP contribution in [-0.4, -0.2) is 98.9 Å². The van der Waals surface area contributed by atoms with E-state index in [0.29, 0.717) is 13.0 Å². The Morgan fingerprint density at radius 2 is 0.905 bits per heavy atom. The predicted molar refractivity (Wildman–Crippen MR) is 253 cm³/mol. The lowest BCUT2D eigenvalue weighted by atomic mass is 9.85. The van der Waals surface area contributed by atoms with Crippen molar-refractivity contribution in [2.45, 2.75) is 217 Å². The largest absolute Gasteiger partial charge is 0.472 e. The van der Waals surface area contributed by atoms with Crippen LogP contribution in [-0.2, 0) is 27.9 Å². The summed E-state index contributed by atoms with van der Waals surface area (Å²) in [5, 5.41) is 50.2. The fraction of sp³-hybridized carbons (Fsp3) is 0.740. The van der Waals surface area contributed by atoms with E-state index < -0.39 is 63.1 Å². The van der Waals surface area contributed by atoms with Gasteiger partial charge < -0.3 is 39.9 Å². The van der Waals surface area contributed by atoms with Crippen LogP contribution in [0, 0.1) is 0 Å². The van der Waals surface area contributed by atoms with Gasteiger partial charge in [0.2, 0.25) is 0 Å². The molecule has 364 valence electrons. The fourth-order valence-corrected chi connectivity index (χ4v) is 8.00. The first kappa shape index (κ1) is 58.8. The maximum atomic E-state index is 12.8. The Hall–Kier alpha value is -2.22. The predicted octanol–water partition coefficient (Wildman–Crippen LogP) is 10.4. The first-order valence-electron chi connectivity index (χ1n) is 24.3. The van der Waals surface area contributed by atoms with Crippen LogP contribution in [0.2, 0.25) is 0 Å². The molecule has 6 unspecified atom stereocenters. The monoisotopic (exact) mass is 911 g/mol. The smallest absolute Gasteiger partial charge is 0.457 e. The number of phosphoric acid groups is 1. The van der Waals surface area contributed by atoms with E-state index in [9.17, 15) is 39.8 Å². The molecule has 0 aromatic rings. The van der Waals surface area contributed by atoms with E-state index in [1.807, 2.05) is 12.2 Å². The van der Waals surface area contributed by atoms with Crippen LogP contribution in [0.5, 0.6) is 0 Å². The van der Waals surface area contributed by atoms with E-state index >= 15 is 0 Å². The molecule has 1 aliphatic carbocycles. The van der Waals surface area contributed by atoms with Crippen molar-refractivity contribution in [1.82, 2.24) is 0 Å². The third-order valence-corrected chi connectivity index (χ3v) is 11.8. The Labute approximate surface area is 380 Å². The van der Waals surface area contributed by atoms with Crippen molar-refractivity contribution >= 4 is 13.8 Å². The Morgan fingerprint density at radius 1 is 0.524 bits per heavy atom. The number of esters is 1. The summed E-state index contributed by atoms with van der Waals surface area (Å²) < 4.78 is 34.1. The summed E-state index contributed by atoms with van der Waals surface area (Å²) in [6, 6.07) is 0. The van der Waals surface area contributed by atoms with Crippen molar-refractivity contribution in [2.24, 2.45) is 0 Å². The number of unbranched alkanes of at least 4 members (excludes halogenated alkanes) is 16. The van der Waals surface area contributed by atoms with E-state index in [-0.39, 0.29) is 13.0 Å². The maximum absolute atomic E-state index is 12.8. The molecule has 1 fully saturated rings. The number of aliphatic hydroxyl groups excluding tert-OH is 5. The van der Waals surface area contributed by atoms with E-state index in [1.54, 1.807) is 0 Å². The lowest BCUT2D eigenvalue weighted by Gasteiger charge is -2.41. The average molecular weight is 911 g/mol. The highest BCUT2D eigenvalue weighted by molar-refractivity contribution is 7.47. The van der Waals surface area contributed by atoms with Gasteiger partial charge in [-0.3, -0.25) is 13.8 Å². The Kier molecular flexibility index (Phi) is 37.4. The number of aliphatic hydroxyl groups is 5. The molecular weight excluding hydrogens is 824 g/mol. The topological polar surface area (TPSA) is 192 Å². The minimum Gasteiger partial charge on any atom is -0.457 e. The number of rotatable bonds is 40. The Bertz CT molecular complexity index is 1310. The van der Waals surface area contributed by atoms with E-state index in [2.05, 4.69) is 74.6 Å². The normalized spacial score (nSPS) is 22.5. The lowest BCUT2D eigenvalue weighted by Crippen LogP contribution is -2.64. The van der Waals surface area contributed by atoms with Crippen molar-refractivity contribution < 1.29 is 58.3 Å². The second kappa shape index (κ2) is 40.1. The third kappa shape index (κ3) is 32.2. The summed E-state index contributed by atoms with van der Waals surface area (Å²) in [6.45, 7) is 4.07. The first-order chi connectivity index (χ1) is 30.5. The average Bonchev–Trinajstić information content (AvgIpc) is 3.27. The van der Waals surface area contributed by atoms with E-state index in [0.717, 1.165) is 57.8 Å². The van der Waals surface area contributed by atoms with Crippen LogP contribution in [0.25, 0.3) is 0 Å². The molecule has 0 radical (unpaired) electrons. The highest BCUT2D eigenvalue weighted by Crippen LogP contribution is 2.47. The van der Waals surface area contributed by atoms with Gasteiger partial charge in [0.1, 0.15) is 42.7 Å². The molecule has 0 aromatic carbocycles. The van der Waals surface area contributed by atoms with Crippen LogP contribution < -0.4 is 0 Å². The summed E-state index contributed by atoms with van der Waals surface area (Å²) in [5.74, 6) is -0.559. The second-order valence-corrected chi connectivity index (χ2v) is 18.0. The molecule has 6 N–H and O–H groups in total. The zero-order valence-electron chi connectivity index (χ0n) is 38.8. The maximum Gasteiger partial charge on any atom is 0.472 e. The molecule has 6 atom stereocenters. The quantitative estimate of drug-likeness (QED) is 0.0148. The van der Waals surface area contributed by atoms with Gasteiger partial charge in [0.15, 0.2) is 0 Å². The van der Waals surface area contributed by atoms with Gasteiger partial charge in [-0.1, -0.05) is 189 Å². The van der Waals surface area contributed by atoms with Gasteiger partial charge in [-0.2, -0.15) is 0 Å². The number of hydrogen-bond donors (Lipinski definition) is 6. The molecule has 0 amide bonds. The Morgan fingerprint density at radius 3 is 1.33 bits per heavy atom. The van der Waals surface area contributed by atoms with Gasteiger partial charge in [0, 0.05) is 13.0 Å². The molecule has 0 aliphatic heterocycles. The second-order valence-electron chi connectivity index (χ2n) is 16.6. The van der Waals surface area contributed by atoms with Gasteiger partial charge in [-0.05, 0) is 51.4 Å². The van der Waals surface area contributed by atoms with Crippen molar-refractivity contribution in [1.29, 1.82) is 0 Å². The van der Waals surface area contributed by atoms with Crippen molar-refractivity contribution in [3.63, 3.8) is 0 Å². The van der Waals surface area contributed by atoms with Crippen molar-refractivity contribution in [2.75, 3.05) is 19.8 Å². The SMILES string of the molecule is CC/C=C\C/C=C\C/C=C\C/C=C\C/C=C\C/C=C\CCC(=O)OC(COCCCCCCCCCCCCCCCCCCC)COP(=O)(O)OC1C(O)C(O)C(O)C(O)C1O. The number of phosphoric ester groups is 1. The molecule has 12 nitrogen and oxygen atoms in total. The number of carbonyl (C=O) groups is 1. The summed E-state index contributed by atoms with van der Waals surface area (Å²) in [6.07, 6.45) is 39.8. The standard InChI is InChI=1S/C50H87O12P/c1-3-5-7-9-11-13-15-17-19-21-22-23-25-27-29-31-33-35-37-39-44(51)61-43(42-60-63(57,58)62-50-48(55)46(53)45(52)47(54)49(50)56)41-59-40-38-36-34-32-30-28-26-24-20-18-16-14-12-10-8-6-4-2/h5,7,11,13,17,19,22-23,27,29,33,35,43,45-50,52-56H,3-4,6,8-10,12,14-16,18,20-21,24-26,28,30-32,34,36-42H2,1-2H3,(H,57,58)/b7-5-,13-11-,19-17-,23-22-,29-27-,35-33-. The molecule has 63 heavy (non-hydrogen) atoms. The van der Waals surface area contributed by atoms with Gasteiger partial charge in [0.05, 0.1) is 13.2 Å². The summed E-state index contributed by atoms with van der Waals surface area (Å²) >= 11 is 0. The zero-order chi connectivity index (χ0) is 46.2. The summed E-state index contributed by atoms with van der Waals surface area (Å²) in [5.41, 5.74) is 0. The lowest BCUT2D eigenvalue weighted by molar-refractivity contribution is -0.220. The fourth-order valence-electron chi connectivity index (χ4n) is 7.03. The molecule has 0 spiro atoms. The van der Waals surface area contributed by atoms with Gasteiger partial charge in [0.25, 0.3) is 0 Å². The van der Waals surface area contributed by atoms with Crippen molar-refractivity contribution in [3.8, 4) is 0 Å². The molecule has 13 heteroatoms. The van der Waals surface area contributed by atoms with Crippen LogP contribution in [0.3, 0.4) is 0 Å². The van der Waals surface area contributed by atoms with Crippen LogP contribution >= 0.6 is 7.82 Å². The van der Waals surface area contributed by atoms with Gasteiger partial charge in [-0.15, -0.1) is 0 Å². The minimum absolute atomic E-state index is 0.0592. The van der Waals surface area contributed by atoms with E-state index in [1.165, 1.54) is 89.9 Å². The van der Waals surface area contributed by atoms with Gasteiger partial charge >= 0.3 is 13.8 Å². The molecule has 1 saturated carbocycles. The number of ether oxygens (including phenoxy) is 2. The summed E-state index contributed by atoms with van der Waals surface area (Å²) in [7, 11) is -5.04. The summed E-state index contributed by atoms with van der Waals surface area (Å²) in [4.78, 5) is 23.2. The Balaban J connectivity index is 2.43.